The van der Waals surface area contributed by atoms with Crippen molar-refractivity contribution in [3.8, 4) is 5.75 Å². The summed E-state index contributed by atoms with van der Waals surface area (Å²) in [6.07, 6.45) is 2.30. The van der Waals surface area contributed by atoms with E-state index >= 15 is 0 Å². The van der Waals surface area contributed by atoms with E-state index in [9.17, 15) is 9.59 Å². The molecule has 1 aromatic carbocycles. The Hall–Kier alpha value is -2.76. The molecule has 0 spiro atoms. The van der Waals surface area contributed by atoms with Crippen molar-refractivity contribution in [1.29, 1.82) is 0 Å². The molecule has 0 bridgehead atoms. The van der Waals surface area contributed by atoms with Crippen molar-refractivity contribution in [3.05, 3.63) is 63.0 Å². The van der Waals surface area contributed by atoms with Crippen LogP contribution in [0.15, 0.2) is 46.2 Å². The minimum atomic E-state index is -0.328. The van der Waals surface area contributed by atoms with E-state index in [1.165, 1.54) is 11.6 Å². The molecule has 0 N–H and O–H groups in total. The highest BCUT2D eigenvalue weighted by Gasteiger charge is 2.26. The van der Waals surface area contributed by atoms with Crippen LogP contribution in [0.2, 0.25) is 0 Å². The zero-order chi connectivity index (χ0) is 16.6. The van der Waals surface area contributed by atoms with E-state index in [1.807, 2.05) is 42.3 Å². The monoisotopic (exact) mass is 313 g/mol. The number of ether oxygens (including phenoxy) is 1. The van der Waals surface area contributed by atoms with Crippen molar-refractivity contribution in [2.24, 2.45) is 14.1 Å². The summed E-state index contributed by atoms with van der Waals surface area (Å²) in [7, 11) is 5.06. The third kappa shape index (κ3) is 2.56. The molecule has 0 unspecified atom stereocenters. The van der Waals surface area contributed by atoms with Gasteiger partial charge in [0.1, 0.15) is 11.6 Å². The molecule has 2 aromatic rings. The van der Waals surface area contributed by atoms with Gasteiger partial charge in [-0.3, -0.25) is 13.9 Å². The summed E-state index contributed by atoms with van der Waals surface area (Å²) in [5, 5.41) is 0. The molecule has 0 saturated carbocycles. The lowest BCUT2D eigenvalue weighted by molar-refractivity contribution is 0.480. The maximum Gasteiger partial charge on any atom is 0.332 e. The zero-order valence-electron chi connectivity index (χ0n) is 13.4. The number of anilines is 1. The Bertz CT molecular complexity index is 878. The highest BCUT2D eigenvalue weighted by Crippen LogP contribution is 2.30. The summed E-state index contributed by atoms with van der Waals surface area (Å²) in [6, 6.07) is 9.40. The molecule has 0 amide bonds. The maximum atomic E-state index is 12.6. The summed E-state index contributed by atoms with van der Waals surface area (Å²) < 4.78 is 8.33. The number of aromatic nitrogens is 2. The summed E-state index contributed by atoms with van der Waals surface area (Å²) >= 11 is 0. The number of para-hydroxylation sites is 1. The van der Waals surface area contributed by atoms with Crippen LogP contribution in [-0.4, -0.2) is 22.7 Å². The van der Waals surface area contributed by atoms with Gasteiger partial charge in [0, 0.05) is 33.3 Å². The fourth-order valence-corrected chi connectivity index (χ4v) is 2.84. The molecule has 120 valence electrons. The maximum absolute atomic E-state index is 12.6. The fraction of sp³-hybridized carbons (Fsp3) is 0.294. The van der Waals surface area contributed by atoms with E-state index in [4.69, 9.17) is 4.74 Å². The second-order valence-electron chi connectivity index (χ2n) is 5.65. The van der Waals surface area contributed by atoms with Crippen LogP contribution in [0.1, 0.15) is 12.0 Å². The molecule has 1 aliphatic heterocycles. The molecule has 6 heteroatoms. The summed E-state index contributed by atoms with van der Waals surface area (Å²) in [4.78, 5) is 26.7. The standard InChI is InChI=1S/C17H19N3O3/c1-18-10-9-12(11-23-13-7-5-4-6-8-13)14-15(18)19(2)17(22)20(3)16(14)21/h4-8,11H,9-10H2,1-3H3/b12-11+. The van der Waals surface area contributed by atoms with Gasteiger partial charge >= 0.3 is 5.69 Å². The van der Waals surface area contributed by atoms with E-state index < -0.39 is 0 Å². The predicted molar refractivity (Wildman–Crippen MR) is 89.9 cm³/mol. The fourth-order valence-electron chi connectivity index (χ4n) is 2.84. The molecule has 1 aromatic heterocycles. The quantitative estimate of drug-likeness (QED) is 0.785. The molecule has 0 radical (unpaired) electrons. The van der Waals surface area contributed by atoms with Crippen LogP contribution in [-0.2, 0) is 14.1 Å². The van der Waals surface area contributed by atoms with E-state index in [2.05, 4.69) is 0 Å². The van der Waals surface area contributed by atoms with Gasteiger partial charge in [-0.25, -0.2) is 4.79 Å². The van der Waals surface area contributed by atoms with Crippen molar-refractivity contribution < 1.29 is 4.74 Å². The first-order valence-corrected chi connectivity index (χ1v) is 7.43. The second kappa shape index (κ2) is 5.79. The Morgan fingerprint density at radius 1 is 1.04 bits per heavy atom. The molecule has 1 aliphatic rings. The van der Waals surface area contributed by atoms with Gasteiger partial charge in [-0.1, -0.05) is 18.2 Å². The van der Waals surface area contributed by atoms with Crippen molar-refractivity contribution in [2.45, 2.75) is 6.42 Å². The second-order valence-corrected chi connectivity index (χ2v) is 5.65. The van der Waals surface area contributed by atoms with Gasteiger partial charge in [-0.05, 0) is 18.6 Å². The van der Waals surface area contributed by atoms with Crippen molar-refractivity contribution in [1.82, 2.24) is 9.13 Å². The van der Waals surface area contributed by atoms with Crippen LogP contribution >= 0.6 is 0 Å². The normalized spacial score (nSPS) is 15.6. The number of benzene rings is 1. The van der Waals surface area contributed by atoms with Gasteiger partial charge in [0.15, 0.2) is 0 Å². The molecular weight excluding hydrogens is 294 g/mol. The summed E-state index contributed by atoms with van der Waals surface area (Å²) in [5.74, 6) is 1.34. The van der Waals surface area contributed by atoms with E-state index in [-0.39, 0.29) is 11.2 Å². The SMILES string of the molecule is CN1CC/C(=C\Oc2ccccc2)c2c1n(C)c(=O)n(C)c2=O. The lowest BCUT2D eigenvalue weighted by atomic mass is 10.0. The number of hydrogen-bond donors (Lipinski definition) is 0. The minimum Gasteiger partial charge on any atom is -0.465 e. The molecule has 0 fully saturated rings. The Balaban J connectivity index is 2.13. The van der Waals surface area contributed by atoms with Gasteiger partial charge in [0.25, 0.3) is 5.56 Å². The van der Waals surface area contributed by atoms with Crippen molar-refractivity contribution in [3.63, 3.8) is 0 Å². The third-order valence-corrected chi connectivity index (χ3v) is 4.11. The largest absolute Gasteiger partial charge is 0.465 e. The van der Waals surface area contributed by atoms with Crippen LogP contribution in [0, 0.1) is 0 Å². The van der Waals surface area contributed by atoms with Crippen LogP contribution in [0.4, 0.5) is 5.82 Å². The summed E-state index contributed by atoms with van der Waals surface area (Å²) in [5.41, 5.74) is 0.709. The van der Waals surface area contributed by atoms with Gasteiger partial charge in [0.2, 0.25) is 0 Å². The summed E-state index contributed by atoms with van der Waals surface area (Å²) in [6.45, 7) is 0.720. The number of fused-ring (bicyclic) bond motifs is 1. The van der Waals surface area contributed by atoms with Crippen molar-refractivity contribution in [2.75, 3.05) is 18.5 Å². The minimum absolute atomic E-state index is 0.294. The van der Waals surface area contributed by atoms with E-state index in [0.29, 0.717) is 23.6 Å². The molecule has 6 nitrogen and oxygen atoms in total. The first-order chi connectivity index (χ1) is 11.0. The Morgan fingerprint density at radius 2 is 1.74 bits per heavy atom. The Kier molecular flexibility index (Phi) is 3.82. The van der Waals surface area contributed by atoms with Gasteiger partial charge in [0.05, 0.1) is 11.8 Å². The average molecular weight is 313 g/mol. The average Bonchev–Trinajstić information content (AvgIpc) is 2.57. The molecular formula is C17H19N3O3. The lowest BCUT2D eigenvalue weighted by Crippen LogP contribution is -2.44. The highest BCUT2D eigenvalue weighted by atomic mass is 16.5. The van der Waals surface area contributed by atoms with Crippen LogP contribution in [0.3, 0.4) is 0 Å². The zero-order valence-corrected chi connectivity index (χ0v) is 13.4. The Labute approximate surface area is 133 Å². The third-order valence-electron chi connectivity index (χ3n) is 4.11. The first-order valence-electron chi connectivity index (χ1n) is 7.43. The molecule has 3 rings (SSSR count). The molecule has 0 saturated heterocycles. The smallest absolute Gasteiger partial charge is 0.332 e. The molecule has 0 atom stereocenters. The van der Waals surface area contributed by atoms with Crippen LogP contribution in [0.5, 0.6) is 5.75 Å². The molecule has 2 heterocycles. The van der Waals surface area contributed by atoms with Gasteiger partial charge in [-0.15, -0.1) is 0 Å². The number of rotatable bonds is 2. The first kappa shape index (κ1) is 15.1. The molecule has 23 heavy (non-hydrogen) atoms. The van der Waals surface area contributed by atoms with Crippen LogP contribution < -0.4 is 20.9 Å². The predicted octanol–water partition coefficient (Wildman–Crippen LogP) is 1.34. The van der Waals surface area contributed by atoms with E-state index in [1.54, 1.807) is 13.3 Å². The number of hydrogen-bond acceptors (Lipinski definition) is 4. The van der Waals surface area contributed by atoms with E-state index in [0.717, 1.165) is 16.7 Å². The van der Waals surface area contributed by atoms with Gasteiger partial charge in [-0.2, -0.15) is 0 Å². The Morgan fingerprint density at radius 3 is 2.43 bits per heavy atom. The molecule has 0 aliphatic carbocycles. The van der Waals surface area contributed by atoms with Crippen LogP contribution in [0.25, 0.3) is 5.57 Å². The number of nitrogens with zero attached hydrogens (tertiary/aromatic N) is 3. The lowest BCUT2D eigenvalue weighted by Gasteiger charge is -2.30. The van der Waals surface area contributed by atoms with Gasteiger partial charge < -0.3 is 9.64 Å². The highest BCUT2D eigenvalue weighted by molar-refractivity contribution is 5.76. The topological polar surface area (TPSA) is 56.5 Å². The van der Waals surface area contributed by atoms with Crippen molar-refractivity contribution >= 4 is 11.4 Å².